The normalized spacial score (nSPS) is 16.7. The van der Waals surface area contributed by atoms with Gasteiger partial charge in [-0.1, -0.05) is 45.0 Å². The summed E-state index contributed by atoms with van der Waals surface area (Å²) in [5.41, 5.74) is 9.21. The van der Waals surface area contributed by atoms with E-state index in [2.05, 4.69) is 39.6 Å². The third-order valence-corrected chi connectivity index (χ3v) is 8.73. The lowest BCUT2D eigenvalue weighted by Crippen LogP contribution is -2.37. The maximum Gasteiger partial charge on any atom is 0.319 e. The highest BCUT2D eigenvalue weighted by molar-refractivity contribution is 6.00. The number of nitrogens with zero attached hydrogens (tertiary/aromatic N) is 4. The summed E-state index contributed by atoms with van der Waals surface area (Å²) in [6.45, 7) is 10.3. The molecule has 1 aliphatic rings. The molecule has 2 atom stereocenters. The van der Waals surface area contributed by atoms with Crippen molar-refractivity contribution in [1.82, 2.24) is 24.8 Å². The summed E-state index contributed by atoms with van der Waals surface area (Å²) >= 11 is 0. The first kappa shape index (κ1) is 31.8. The predicted octanol–water partition coefficient (Wildman–Crippen LogP) is 5.71. The molecule has 0 bridgehead atoms. The number of nitrogens with one attached hydrogen (secondary N) is 2. The molecule has 0 unspecified atom stereocenters. The van der Waals surface area contributed by atoms with E-state index in [1.807, 2.05) is 87.9 Å². The zero-order valence-corrected chi connectivity index (χ0v) is 27.3. The monoisotopic (exact) mass is 613 g/mol. The van der Waals surface area contributed by atoms with Crippen LogP contribution in [0.1, 0.15) is 92.5 Å². The minimum absolute atomic E-state index is 0.205. The topological polar surface area (TPSA) is 136 Å². The van der Waals surface area contributed by atoms with Gasteiger partial charge in [0.05, 0.1) is 36.1 Å². The molecule has 4 N–H and O–H groups in total. The molecule has 45 heavy (non-hydrogen) atoms. The SMILES string of the molecule is COc1c(NC(=O)N[C@H]2CC[C@@H](Oc3ccc4nnc(C(C)(C)N(C)C)n4c3)c3ccccc32)cc(C(C)(C)C)cc1C(N)=O. The second-order valence-electron chi connectivity index (χ2n) is 13.3. The van der Waals surface area contributed by atoms with Gasteiger partial charge in [0.25, 0.3) is 5.91 Å². The molecule has 5 rings (SSSR count). The van der Waals surface area contributed by atoms with E-state index in [4.69, 9.17) is 15.2 Å². The van der Waals surface area contributed by atoms with Crippen LogP contribution in [-0.2, 0) is 11.0 Å². The van der Waals surface area contributed by atoms with E-state index in [9.17, 15) is 9.59 Å². The largest absolute Gasteiger partial charge is 0.494 e. The van der Waals surface area contributed by atoms with E-state index >= 15 is 0 Å². The smallest absolute Gasteiger partial charge is 0.319 e. The number of methoxy groups -OCH3 is 1. The van der Waals surface area contributed by atoms with Crippen LogP contribution in [0.15, 0.2) is 54.7 Å². The fraction of sp³-hybridized carbons (Fsp3) is 0.412. The number of primary amides is 1. The highest BCUT2D eigenvalue weighted by Crippen LogP contribution is 2.40. The minimum Gasteiger partial charge on any atom is -0.494 e. The number of nitrogens with two attached hydrogens (primary N) is 1. The second-order valence-corrected chi connectivity index (χ2v) is 13.3. The van der Waals surface area contributed by atoms with Crippen LogP contribution in [0.2, 0.25) is 0 Å². The number of anilines is 1. The average Bonchev–Trinajstić information content (AvgIpc) is 3.41. The number of pyridine rings is 1. The Balaban J connectivity index is 1.37. The molecular weight excluding hydrogens is 570 g/mol. The van der Waals surface area contributed by atoms with Crippen LogP contribution >= 0.6 is 0 Å². The summed E-state index contributed by atoms with van der Waals surface area (Å²) < 4.78 is 14.1. The number of carbonyl (C=O) groups excluding carboxylic acids is 2. The Bertz CT molecular complexity index is 1740. The van der Waals surface area contributed by atoms with Crippen molar-refractivity contribution in [2.45, 2.75) is 70.6 Å². The van der Waals surface area contributed by atoms with Crippen LogP contribution in [0.25, 0.3) is 5.65 Å². The lowest BCUT2D eigenvalue weighted by molar-refractivity contribution is 0.0997. The Morgan fingerprint density at radius 2 is 1.71 bits per heavy atom. The van der Waals surface area contributed by atoms with E-state index in [1.54, 1.807) is 6.07 Å². The van der Waals surface area contributed by atoms with Gasteiger partial charge in [-0.05, 0) is 87.2 Å². The predicted molar refractivity (Wildman–Crippen MR) is 174 cm³/mol. The molecule has 1 aliphatic carbocycles. The number of rotatable bonds is 8. The first-order valence-electron chi connectivity index (χ1n) is 15.1. The van der Waals surface area contributed by atoms with Gasteiger partial charge >= 0.3 is 6.03 Å². The Hall–Kier alpha value is -4.64. The van der Waals surface area contributed by atoms with Crippen LogP contribution in [0.5, 0.6) is 11.5 Å². The lowest BCUT2D eigenvalue weighted by atomic mass is 9.85. The van der Waals surface area contributed by atoms with E-state index < -0.39 is 11.9 Å². The first-order valence-corrected chi connectivity index (χ1v) is 15.1. The fourth-order valence-corrected chi connectivity index (χ4v) is 5.62. The maximum atomic E-state index is 13.4. The number of carbonyl (C=O) groups is 2. The quantitative estimate of drug-likeness (QED) is 0.232. The van der Waals surface area contributed by atoms with Crippen molar-refractivity contribution in [2.24, 2.45) is 5.73 Å². The van der Waals surface area contributed by atoms with E-state index in [1.165, 1.54) is 7.11 Å². The Morgan fingerprint density at radius 3 is 2.36 bits per heavy atom. The van der Waals surface area contributed by atoms with Gasteiger partial charge in [-0.2, -0.15) is 0 Å². The summed E-state index contributed by atoms with van der Waals surface area (Å²) in [7, 11) is 5.48. The molecular formula is C34H43N7O4. The average molecular weight is 614 g/mol. The molecule has 0 saturated carbocycles. The van der Waals surface area contributed by atoms with E-state index in [0.717, 1.165) is 28.2 Å². The minimum atomic E-state index is -0.630. The Morgan fingerprint density at radius 1 is 1.00 bits per heavy atom. The van der Waals surface area contributed by atoms with Crippen molar-refractivity contribution in [1.29, 1.82) is 0 Å². The van der Waals surface area contributed by atoms with Gasteiger partial charge in [-0.25, -0.2) is 4.79 Å². The highest BCUT2D eigenvalue weighted by atomic mass is 16.5. The number of aromatic nitrogens is 3. The van der Waals surface area contributed by atoms with Crippen molar-refractivity contribution in [3.63, 3.8) is 0 Å². The van der Waals surface area contributed by atoms with Gasteiger partial charge in [-0.15, -0.1) is 10.2 Å². The van der Waals surface area contributed by atoms with Gasteiger partial charge in [-0.3, -0.25) is 14.1 Å². The summed E-state index contributed by atoms with van der Waals surface area (Å²) in [5.74, 6) is 1.12. The Kier molecular flexibility index (Phi) is 8.50. The molecule has 2 aromatic carbocycles. The number of hydrogen-bond acceptors (Lipinski definition) is 7. The van der Waals surface area contributed by atoms with Crippen LogP contribution in [0.4, 0.5) is 10.5 Å². The van der Waals surface area contributed by atoms with Gasteiger partial charge < -0.3 is 25.8 Å². The first-order chi connectivity index (χ1) is 21.2. The summed E-state index contributed by atoms with van der Waals surface area (Å²) in [6, 6.07) is 14.7. The van der Waals surface area contributed by atoms with Crippen molar-refractivity contribution >= 4 is 23.3 Å². The number of urea groups is 1. The number of fused-ring (bicyclic) bond motifs is 2. The van der Waals surface area contributed by atoms with Gasteiger partial charge in [0, 0.05) is 0 Å². The molecule has 0 aliphatic heterocycles. The molecule has 0 spiro atoms. The second kappa shape index (κ2) is 12.0. The standard InChI is InChI=1S/C34H43N7O4/c1-33(2,3)20-17-24(30(35)42)29(44-8)26(18-20)37-32(43)36-25-14-15-27(23-12-10-9-11-22(23)25)45-21-13-16-28-38-39-31(41(28)19-21)34(4,5)40(6)7/h9-13,16-19,25,27H,14-15H2,1-8H3,(H2,35,42)(H2,36,37,43)/t25-,27+/m0/s1. The third kappa shape index (κ3) is 6.30. The van der Waals surface area contributed by atoms with Crippen molar-refractivity contribution < 1.29 is 19.1 Å². The lowest BCUT2D eigenvalue weighted by Gasteiger charge is -2.32. The number of amides is 3. The number of hydrogen-bond donors (Lipinski definition) is 3. The highest BCUT2D eigenvalue weighted by Gasteiger charge is 2.32. The molecule has 0 radical (unpaired) electrons. The number of ether oxygens (including phenoxy) is 2. The van der Waals surface area contributed by atoms with Gasteiger partial charge in [0.1, 0.15) is 11.9 Å². The van der Waals surface area contributed by atoms with Crippen molar-refractivity contribution in [3.8, 4) is 11.5 Å². The summed E-state index contributed by atoms with van der Waals surface area (Å²) in [5, 5.41) is 14.8. The molecule has 0 saturated heterocycles. The van der Waals surface area contributed by atoms with Gasteiger partial charge in [0.2, 0.25) is 0 Å². The molecule has 238 valence electrons. The molecule has 3 amide bonds. The van der Waals surface area contributed by atoms with E-state index in [0.29, 0.717) is 24.3 Å². The molecule has 2 aromatic heterocycles. The van der Waals surface area contributed by atoms with Crippen molar-refractivity contribution in [3.05, 3.63) is 82.8 Å². The van der Waals surface area contributed by atoms with E-state index in [-0.39, 0.29) is 34.4 Å². The fourth-order valence-electron chi connectivity index (χ4n) is 5.62. The molecule has 11 nitrogen and oxygen atoms in total. The zero-order valence-electron chi connectivity index (χ0n) is 27.3. The zero-order chi connectivity index (χ0) is 32.7. The van der Waals surface area contributed by atoms with Crippen LogP contribution in [0, 0.1) is 0 Å². The molecule has 4 aromatic rings. The Labute approximate surface area is 264 Å². The summed E-state index contributed by atoms with van der Waals surface area (Å²) in [4.78, 5) is 27.7. The molecule has 2 heterocycles. The van der Waals surface area contributed by atoms with Crippen molar-refractivity contribution in [2.75, 3.05) is 26.5 Å². The van der Waals surface area contributed by atoms with Gasteiger partial charge in [0.15, 0.2) is 17.2 Å². The van der Waals surface area contributed by atoms with Crippen LogP contribution in [-0.4, -0.2) is 52.6 Å². The maximum absolute atomic E-state index is 13.4. The molecule has 0 fully saturated rings. The third-order valence-electron chi connectivity index (χ3n) is 8.73. The van der Waals surface area contributed by atoms with Crippen LogP contribution < -0.4 is 25.8 Å². The summed E-state index contributed by atoms with van der Waals surface area (Å²) in [6.07, 6.45) is 3.08. The van der Waals surface area contributed by atoms with Crippen LogP contribution in [0.3, 0.4) is 0 Å². The molecule has 11 heteroatoms. The number of benzene rings is 2.